The van der Waals surface area contributed by atoms with Crippen LogP contribution in [0.1, 0.15) is 23.6 Å². The number of carbonyl (C=O) groups is 2. The molecule has 2 aromatic rings. The van der Waals surface area contributed by atoms with E-state index in [0.29, 0.717) is 23.7 Å². The third-order valence-corrected chi connectivity index (χ3v) is 7.12. The Bertz CT molecular complexity index is 1080. The summed E-state index contributed by atoms with van der Waals surface area (Å²) < 4.78 is 10.5. The number of amides is 2. The van der Waals surface area contributed by atoms with E-state index in [1.807, 2.05) is 0 Å². The van der Waals surface area contributed by atoms with Gasteiger partial charge in [0.2, 0.25) is 0 Å². The van der Waals surface area contributed by atoms with Crippen molar-refractivity contribution in [3.8, 4) is 11.5 Å². The topological polar surface area (TPSA) is 86.4 Å². The third-order valence-electron chi connectivity index (χ3n) is 7.12. The molecule has 2 N–H and O–H groups in total. The Hall–Kier alpha value is -3.30. The number of nitrogens with zero attached hydrogens (tertiary/aromatic N) is 3. The van der Waals surface area contributed by atoms with Crippen LogP contribution in [0.25, 0.3) is 0 Å². The van der Waals surface area contributed by atoms with Gasteiger partial charge in [0.15, 0.2) is 11.5 Å². The smallest absolute Gasteiger partial charge is 0.313 e. The van der Waals surface area contributed by atoms with Gasteiger partial charge in [-0.25, -0.2) is 0 Å². The highest BCUT2D eigenvalue weighted by molar-refractivity contribution is 6.39. The summed E-state index contributed by atoms with van der Waals surface area (Å²) >= 11 is 0. The predicted octanol–water partition coefficient (Wildman–Crippen LogP) is 2.13. The molecule has 2 heterocycles. The molecule has 0 aliphatic carbocycles. The predicted molar refractivity (Wildman–Crippen MR) is 141 cm³/mol. The average Bonchev–Trinajstić information content (AvgIpc) is 2.89. The molecule has 0 unspecified atom stereocenters. The first-order chi connectivity index (χ1) is 17.4. The zero-order valence-electron chi connectivity index (χ0n) is 21.7. The largest absolute Gasteiger partial charge is 0.493 e. The lowest BCUT2D eigenvalue weighted by Gasteiger charge is -2.39. The Labute approximate surface area is 213 Å². The van der Waals surface area contributed by atoms with Crippen LogP contribution in [-0.4, -0.2) is 89.2 Å². The van der Waals surface area contributed by atoms with Gasteiger partial charge in [0.1, 0.15) is 0 Å². The standard InChI is InChI=1S/C27H37N5O4/c1-30-12-14-32(15-13-30)23(20-7-9-22-19(16-20)6-5-11-31(22)2)18-28-26(33)27(34)29-21-8-10-24(35-3)25(17-21)36-4/h7-10,16-17,23H,5-6,11-15,18H2,1-4H3,(H,28,33)(H,29,34)/t23-/m1/s1. The summed E-state index contributed by atoms with van der Waals surface area (Å²) in [6.45, 7) is 5.18. The number of fused-ring (bicyclic) bond motifs is 1. The van der Waals surface area contributed by atoms with Gasteiger partial charge in [-0.05, 0) is 49.2 Å². The minimum Gasteiger partial charge on any atom is -0.493 e. The number of hydrogen-bond acceptors (Lipinski definition) is 7. The summed E-state index contributed by atoms with van der Waals surface area (Å²) in [4.78, 5) is 32.4. The molecule has 0 spiro atoms. The van der Waals surface area contributed by atoms with E-state index in [9.17, 15) is 9.59 Å². The second-order valence-electron chi connectivity index (χ2n) is 9.50. The molecule has 1 saturated heterocycles. The van der Waals surface area contributed by atoms with Crippen molar-refractivity contribution in [2.24, 2.45) is 0 Å². The Morgan fingerprint density at radius 3 is 2.39 bits per heavy atom. The number of rotatable bonds is 7. The Kier molecular flexibility index (Phi) is 8.32. The zero-order valence-corrected chi connectivity index (χ0v) is 21.7. The molecule has 2 amide bonds. The molecule has 0 radical (unpaired) electrons. The summed E-state index contributed by atoms with van der Waals surface area (Å²) in [6.07, 6.45) is 2.20. The number of methoxy groups -OCH3 is 2. The van der Waals surface area contributed by atoms with Gasteiger partial charge in [-0.1, -0.05) is 12.1 Å². The van der Waals surface area contributed by atoms with Gasteiger partial charge >= 0.3 is 11.8 Å². The van der Waals surface area contributed by atoms with Gasteiger partial charge in [-0.15, -0.1) is 0 Å². The third kappa shape index (κ3) is 5.91. The number of likely N-dealkylation sites (N-methyl/N-ethyl adjacent to an activating group) is 1. The lowest BCUT2D eigenvalue weighted by atomic mass is 9.95. The van der Waals surface area contributed by atoms with E-state index in [1.54, 1.807) is 25.3 Å². The summed E-state index contributed by atoms with van der Waals surface area (Å²) in [6, 6.07) is 11.6. The second-order valence-corrected chi connectivity index (χ2v) is 9.50. The molecule has 2 aliphatic rings. The van der Waals surface area contributed by atoms with Gasteiger partial charge in [0.05, 0.1) is 20.3 Å². The average molecular weight is 496 g/mol. The molecule has 194 valence electrons. The van der Waals surface area contributed by atoms with Gasteiger partial charge in [-0.2, -0.15) is 0 Å². The summed E-state index contributed by atoms with van der Waals surface area (Å²) in [5, 5.41) is 5.53. The maximum Gasteiger partial charge on any atom is 0.313 e. The van der Waals surface area contributed by atoms with Crippen molar-refractivity contribution in [3.63, 3.8) is 0 Å². The zero-order chi connectivity index (χ0) is 25.7. The van der Waals surface area contributed by atoms with Crippen molar-refractivity contribution in [2.75, 3.05) is 77.8 Å². The van der Waals surface area contributed by atoms with Gasteiger partial charge in [0.25, 0.3) is 0 Å². The van der Waals surface area contributed by atoms with Gasteiger partial charge in [0, 0.05) is 63.8 Å². The molecule has 0 saturated carbocycles. The van der Waals surface area contributed by atoms with Crippen LogP contribution in [0.15, 0.2) is 36.4 Å². The molecular weight excluding hydrogens is 458 g/mol. The van der Waals surface area contributed by atoms with E-state index in [-0.39, 0.29) is 6.04 Å². The second kappa shape index (κ2) is 11.6. The molecule has 0 bridgehead atoms. The number of benzene rings is 2. The number of ether oxygens (including phenoxy) is 2. The minimum absolute atomic E-state index is 0.00550. The molecule has 2 aromatic carbocycles. The number of hydrogen-bond donors (Lipinski definition) is 2. The van der Waals surface area contributed by atoms with E-state index < -0.39 is 11.8 Å². The van der Waals surface area contributed by atoms with E-state index >= 15 is 0 Å². The highest BCUT2D eigenvalue weighted by Crippen LogP contribution is 2.31. The molecule has 1 atom stereocenters. The molecule has 4 rings (SSSR count). The Morgan fingerprint density at radius 2 is 1.67 bits per heavy atom. The Balaban J connectivity index is 1.46. The molecule has 36 heavy (non-hydrogen) atoms. The van der Waals surface area contributed by atoms with E-state index in [2.05, 4.69) is 57.6 Å². The molecule has 9 nitrogen and oxygen atoms in total. The van der Waals surface area contributed by atoms with Crippen LogP contribution in [0.4, 0.5) is 11.4 Å². The van der Waals surface area contributed by atoms with Crippen molar-refractivity contribution in [1.29, 1.82) is 0 Å². The first kappa shape index (κ1) is 25.8. The van der Waals surface area contributed by atoms with E-state index in [4.69, 9.17) is 9.47 Å². The number of aryl methyl sites for hydroxylation is 1. The maximum absolute atomic E-state index is 12.8. The summed E-state index contributed by atoms with van der Waals surface area (Å²) in [7, 11) is 7.32. The maximum atomic E-state index is 12.8. The van der Waals surface area contributed by atoms with Gasteiger partial charge in [-0.3, -0.25) is 14.5 Å². The summed E-state index contributed by atoms with van der Waals surface area (Å²) in [5.74, 6) is -0.358. The molecular formula is C27H37N5O4. The fraction of sp³-hybridized carbons (Fsp3) is 0.481. The molecule has 2 aliphatic heterocycles. The van der Waals surface area contributed by atoms with E-state index in [1.165, 1.54) is 23.9 Å². The lowest BCUT2D eigenvalue weighted by Crippen LogP contribution is -2.49. The minimum atomic E-state index is -0.716. The Morgan fingerprint density at radius 1 is 0.917 bits per heavy atom. The normalized spacial score (nSPS) is 17.2. The van der Waals surface area contributed by atoms with Crippen molar-refractivity contribution in [2.45, 2.75) is 18.9 Å². The number of anilines is 2. The summed E-state index contributed by atoms with van der Waals surface area (Å²) in [5.41, 5.74) is 4.26. The monoisotopic (exact) mass is 495 g/mol. The SMILES string of the molecule is COc1ccc(NC(=O)C(=O)NC[C@H](c2ccc3c(c2)CCCN3C)N2CCN(C)CC2)cc1OC. The van der Waals surface area contributed by atoms with Crippen LogP contribution in [0, 0.1) is 0 Å². The highest BCUT2D eigenvalue weighted by atomic mass is 16.5. The van der Waals surface area contributed by atoms with Crippen molar-refractivity contribution >= 4 is 23.2 Å². The van der Waals surface area contributed by atoms with Crippen LogP contribution in [-0.2, 0) is 16.0 Å². The molecule has 1 fully saturated rings. The quantitative estimate of drug-likeness (QED) is 0.569. The first-order valence-electron chi connectivity index (χ1n) is 12.5. The highest BCUT2D eigenvalue weighted by Gasteiger charge is 2.27. The van der Waals surface area contributed by atoms with Crippen LogP contribution >= 0.6 is 0 Å². The number of piperazine rings is 1. The number of carbonyl (C=O) groups excluding carboxylic acids is 2. The van der Waals surface area contributed by atoms with Crippen molar-refractivity contribution < 1.29 is 19.1 Å². The fourth-order valence-electron chi connectivity index (χ4n) is 4.98. The van der Waals surface area contributed by atoms with Crippen LogP contribution in [0.3, 0.4) is 0 Å². The molecule has 9 heteroatoms. The van der Waals surface area contributed by atoms with Crippen LogP contribution in [0.2, 0.25) is 0 Å². The lowest BCUT2D eigenvalue weighted by molar-refractivity contribution is -0.136. The fourth-order valence-corrected chi connectivity index (χ4v) is 4.98. The van der Waals surface area contributed by atoms with Crippen LogP contribution in [0.5, 0.6) is 11.5 Å². The van der Waals surface area contributed by atoms with E-state index in [0.717, 1.165) is 45.6 Å². The van der Waals surface area contributed by atoms with Crippen molar-refractivity contribution in [1.82, 2.24) is 15.1 Å². The number of nitrogens with one attached hydrogen (secondary N) is 2. The van der Waals surface area contributed by atoms with Gasteiger partial charge < -0.3 is 29.9 Å². The molecule has 0 aromatic heterocycles. The first-order valence-corrected chi connectivity index (χ1v) is 12.5. The van der Waals surface area contributed by atoms with Crippen LogP contribution < -0.4 is 25.0 Å². The van der Waals surface area contributed by atoms with Crippen molar-refractivity contribution in [3.05, 3.63) is 47.5 Å².